The standard InChI is InChI=1S/C42H78O3S.C3H8O.O.Ti/c1-4-7-10-13-16-19-22-25-28-31-34-39-37-38-42(46(43,44)45)41(36-33-30-27-24-21-18-15-12-9-6-3)40(39)35-32-29-26-23-20-17-14-11-8-5-2;1-3(2)4;;/h37-38H,4-36H2,1-3H3,(H,43,44,45);3-4H,1-2H3;;. The van der Waals surface area contributed by atoms with Crippen molar-refractivity contribution in [1.82, 2.24) is 0 Å². The predicted molar refractivity (Wildman–Crippen MR) is 221 cm³/mol. The van der Waals surface area contributed by atoms with Gasteiger partial charge in [0.05, 0.1) is 4.90 Å². The van der Waals surface area contributed by atoms with Crippen molar-refractivity contribution < 1.29 is 41.8 Å². The Hall–Kier alpha value is -0.396. The van der Waals surface area contributed by atoms with E-state index < -0.39 is 10.1 Å². The number of aliphatic hydroxyl groups is 1. The summed E-state index contributed by atoms with van der Waals surface area (Å²) < 4.78 is 43.6. The molecule has 1 rings (SSSR count). The third kappa shape index (κ3) is 34.1. The molecule has 0 radical (unpaired) electrons. The summed E-state index contributed by atoms with van der Waals surface area (Å²) in [6.45, 7) is 10.3. The molecule has 0 unspecified atom stereocenters. The van der Waals surface area contributed by atoms with Crippen LogP contribution in [0.1, 0.15) is 244 Å². The Morgan fingerprint density at radius 2 is 0.712 bits per heavy atom. The van der Waals surface area contributed by atoms with Crippen molar-refractivity contribution in [1.29, 1.82) is 0 Å². The van der Waals surface area contributed by atoms with Gasteiger partial charge in [0.1, 0.15) is 0 Å². The summed E-state index contributed by atoms with van der Waals surface area (Å²) in [5, 5.41) is 8.06. The second-order valence-corrected chi connectivity index (χ2v) is 16.9. The number of aryl methyl sites for hydroxylation is 1. The fraction of sp³-hybridized carbons (Fsp3) is 0.867. The molecule has 1 aromatic rings. The van der Waals surface area contributed by atoms with E-state index in [1.54, 1.807) is 19.9 Å². The van der Waals surface area contributed by atoms with Crippen molar-refractivity contribution in [3.63, 3.8) is 0 Å². The van der Waals surface area contributed by atoms with E-state index in [0.717, 1.165) is 64.5 Å². The van der Waals surface area contributed by atoms with Crippen LogP contribution in [0.3, 0.4) is 0 Å². The summed E-state index contributed by atoms with van der Waals surface area (Å²) in [7, 11) is -4.23. The first-order valence-corrected chi connectivity index (χ1v) is 24.3. The third-order valence-corrected chi connectivity index (χ3v) is 11.1. The van der Waals surface area contributed by atoms with E-state index in [4.69, 9.17) is 8.43 Å². The van der Waals surface area contributed by atoms with Gasteiger partial charge in [-0.05, 0) is 75.1 Å². The van der Waals surface area contributed by atoms with Crippen LogP contribution in [-0.2, 0) is 53.1 Å². The van der Waals surface area contributed by atoms with Gasteiger partial charge < -0.3 is 5.11 Å². The maximum atomic E-state index is 12.5. The van der Waals surface area contributed by atoms with Crippen molar-refractivity contribution in [3.8, 4) is 0 Å². The molecule has 0 bridgehead atoms. The van der Waals surface area contributed by atoms with Gasteiger partial charge in [0.25, 0.3) is 10.1 Å². The number of hydrogen-bond donors (Lipinski definition) is 2. The predicted octanol–water partition coefficient (Wildman–Crippen LogP) is 14.6. The topological polar surface area (TPSA) is 91.7 Å². The maximum absolute atomic E-state index is 12.5. The molecule has 0 fully saturated rings. The van der Waals surface area contributed by atoms with Crippen LogP contribution in [0.15, 0.2) is 17.0 Å². The van der Waals surface area contributed by atoms with Gasteiger partial charge in [0.15, 0.2) is 0 Å². The molecule has 2 N–H and O–H groups in total. The zero-order valence-electron chi connectivity index (χ0n) is 35.1. The van der Waals surface area contributed by atoms with E-state index in [-0.39, 0.29) is 11.0 Å². The fourth-order valence-electron chi connectivity index (χ4n) is 7.16. The number of unbranched alkanes of at least 4 members (excludes halogenated alkanes) is 27. The van der Waals surface area contributed by atoms with Crippen molar-refractivity contribution in [2.24, 2.45) is 0 Å². The van der Waals surface area contributed by atoms with Crippen LogP contribution in [-0.4, -0.2) is 24.2 Å². The van der Waals surface area contributed by atoms with Crippen LogP contribution in [0.2, 0.25) is 0 Å². The first-order chi connectivity index (χ1) is 25.2. The number of aliphatic hydroxyl groups excluding tert-OH is 1. The van der Waals surface area contributed by atoms with E-state index in [9.17, 15) is 13.0 Å². The number of rotatable bonds is 34. The van der Waals surface area contributed by atoms with E-state index in [2.05, 4.69) is 20.8 Å². The van der Waals surface area contributed by atoms with Gasteiger partial charge in [0.2, 0.25) is 0 Å². The monoisotopic (exact) mass is 787 g/mol. The molecule has 5 nitrogen and oxygen atoms in total. The van der Waals surface area contributed by atoms with E-state index >= 15 is 0 Å². The van der Waals surface area contributed by atoms with Crippen molar-refractivity contribution in [2.45, 2.75) is 258 Å². The summed E-state index contributed by atoms with van der Waals surface area (Å²) in [4.78, 5) is 0.178. The first-order valence-electron chi connectivity index (χ1n) is 22.2. The molecular weight excluding hydrogens is 700 g/mol. The van der Waals surface area contributed by atoms with Gasteiger partial charge in [0, 0.05) is 6.10 Å². The minimum absolute atomic E-state index is 0.167. The molecule has 0 heterocycles. The Balaban J connectivity index is 0. The molecule has 0 aliphatic carbocycles. The summed E-state index contributed by atoms with van der Waals surface area (Å²) in [6, 6.07) is 3.75. The molecule has 0 atom stereocenters. The zero-order chi connectivity index (χ0) is 39.1. The molecule has 0 spiro atoms. The van der Waals surface area contributed by atoms with Crippen LogP contribution >= 0.6 is 0 Å². The molecule has 7 heteroatoms. The normalized spacial score (nSPS) is 11.3. The Labute approximate surface area is 336 Å². The van der Waals surface area contributed by atoms with Gasteiger partial charge in [-0.15, -0.1) is 0 Å². The molecule has 0 saturated heterocycles. The van der Waals surface area contributed by atoms with Gasteiger partial charge in [-0.1, -0.05) is 200 Å². The van der Waals surface area contributed by atoms with Gasteiger partial charge in [-0.25, -0.2) is 0 Å². The molecule has 0 amide bonds. The van der Waals surface area contributed by atoms with Crippen molar-refractivity contribution in [3.05, 3.63) is 28.8 Å². The van der Waals surface area contributed by atoms with Crippen LogP contribution < -0.4 is 0 Å². The SMILES string of the molecule is CC(C)O.CCCCCCCCCCCCc1ccc(S(=O)(=O)O)c(CCCCCCCCCCCC)c1CCCCCCCCCCCC.[O]=[Ti]. The van der Waals surface area contributed by atoms with E-state index in [1.807, 2.05) is 6.07 Å². The molecule has 306 valence electrons. The zero-order valence-corrected chi connectivity index (χ0v) is 37.5. The first kappa shape index (κ1) is 53.7. The molecular formula is C45H86O5STi. The Bertz CT molecular complexity index is 995. The Morgan fingerprint density at radius 1 is 0.462 bits per heavy atom. The molecule has 0 aliphatic rings. The van der Waals surface area contributed by atoms with Crippen molar-refractivity contribution >= 4 is 10.1 Å². The molecule has 0 aromatic heterocycles. The van der Waals surface area contributed by atoms with E-state index in [1.165, 1.54) is 184 Å². The average molecular weight is 787 g/mol. The van der Waals surface area contributed by atoms with Gasteiger partial charge in [-0.3, -0.25) is 4.55 Å². The quantitative estimate of drug-likeness (QED) is 0.0412. The minimum atomic E-state index is -4.23. The number of hydrogen-bond acceptors (Lipinski definition) is 4. The third-order valence-electron chi connectivity index (χ3n) is 10.1. The van der Waals surface area contributed by atoms with E-state index in [0.29, 0.717) is 0 Å². The summed E-state index contributed by atoms with van der Waals surface area (Å²) >= 11 is 0.750. The molecule has 52 heavy (non-hydrogen) atoms. The average Bonchev–Trinajstić information content (AvgIpc) is 3.11. The summed E-state index contributed by atoms with van der Waals surface area (Å²) in [6.07, 6.45) is 41.6. The molecule has 0 aliphatic heterocycles. The van der Waals surface area contributed by atoms with Crippen molar-refractivity contribution in [2.75, 3.05) is 0 Å². The molecule has 0 saturated carbocycles. The Morgan fingerprint density at radius 3 is 1.00 bits per heavy atom. The second kappa shape index (κ2) is 40.3. The fourth-order valence-corrected chi connectivity index (χ4v) is 7.94. The number of benzene rings is 1. The Kier molecular flexibility index (Phi) is 41.6. The van der Waals surface area contributed by atoms with Crippen LogP contribution in [0.5, 0.6) is 0 Å². The second-order valence-electron chi connectivity index (χ2n) is 15.5. The van der Waals surface area contributed by atoms with Gasteiger partial charge >= 0.3 is 23.7 Å². The van der Waals surface area contributed by atoms with Crippen LogP contribution in [0, 0.1) is 0 Å². The van der Waals surface area contributed by atoms with Crippen LogP contribution in [0.4, 0.5) is 0 Å². The van der Waals surface area contributed by atoms with Crippen LogP contribution in [0.25, 0.3) is 0 Å². The molecule has 1 aromatic carbocycles. The summed E-state index contributed by atoms with van der Waals surface area (Å²) in [5.41, 5.74) is 3.52. The van der Waals surface area contributed by atoms with Gasteiger partial charge in [-0.2, -0.15) is 8.42 Å². The summed E-state index contributed by atoms with van der Waals surface area (Å²) in [5.74, 6) is 0.